The molecule has 0 aromatic carbocycles. The number of piperidine rings is 1. The Bertz CT molecular complexity index is 624. The number of hydrogen-bond acceptors (Lipinski definition) is 4. The molecule has 23 heavy (non-hydrogen) atoms. The predicted octanol–water partition coefficient (Wildman–Crippen LogP) is 2.44. The van der Waals surface area contributed by atoms with Gasteiger partial charge in [0.1, 0.15) is 5.60 Å². The zero-order valence-corrected chi connectivity index (χ0v) is 13.9. The van der Waals surface area contributed by atoms with E-state index in [4.69, 9.17) is 4.74 Å². The van der Waals surface area contributed by atoms with Crippen LogP contribution in [0.5, 0.6) is 0 Å². The van der Waals surface area contributed by atoms with Crippen molar-refractivity contribution in [1.29, 1.82) is 0 Å². The van der Waals surface area contributed by atoms with E-state index in [1.165, 1.54) is 0 Å². The van der Waals surface area contributed by atoms with Gasteiger partial charge in [0.2, 0.25) is 0 Å². The zero-order valence-electron chi connectivity index (χ0n) is 13.9. The molecule has 0 N–H and O–H groups in total. The fourth-order valence-corrected chi connectivity index (χ4v) is 3.17. The van der Waals surface area contributed by atoms with Gasteiger partial charge in [-0.25, -0.2) is 4.79 Å². The van der Waals surface area contributed by atoms with Gasteiger partial charge in [0.05, 0.1) is 6.04 Å². The fourth-order valence-electron chi connectivity index (χ4n) is 3.17. The average molecular weight is 317 g/mol. The van der Waals surface area contributed by atoms with E-state index in [1.54, 1.807) is 23.4 Å². The Hall–Kier alpha value is -2.11. The summed E-state index contributed by atoms with van der Waals surface area (Å²) in [6.07, 6.45) is 4.89. The molecule has 0 bridgehead atoms. The molecule has 124 valence electrons. The minimum absolute atomic E-state index is 0.0381. The van der Waals surface area contributed by atoms with E-state index in [-0.39, 0.29) is 18.0 Å². The number of hydrogen-bond donors (Lipinski definition) is 0. The van der Waals surface area contributed by atoms with E-state index >= 15 is 0 Å². The van der Waals surface area contributed by atoms with Gasteiger partial charge in [-0.05, 0) is 39.7 Å². The molecule has 1 fully saturated rings. The van der Waals surface area contributed by atoms with E-state index in [0.29, 0.717) is 19.6 Å². The van der Waals surface area contributed by atoms with Crippen LogP contribution in [-0.4, -0.2) is 51.5 Å². The second kappa shape index (κ2) is 5.83. The van der Waals surface area contributed by atoms with E-state index in [2.05, 4.69) is 4.98 Å². The first-order valence-corrected chi connectivity index (χ1v) is 8.07. The molecular formula is C17H23N3O3. The van der Waals surface area contributed by atoms with Gasteiger partial charge >= 0.3 is 6.09 Å². The van der Waals surface area contributed by atoms with Gasteiger partial charge in [-0.15, -0.1) is 0 Å². The lowest BCUT2D eigenvalue weighted by Crippen LogP contribution is -2.50. The first kappa shape index (κ1) is 15.8. The number of carbonyl (C=O) groups excluding carboxylic acids is 2. The van der Waals surface area contributed by atoms with Crippen LogP contribution in [0.25, 0.3) is 0 Å². The van der Waals surface area contributed by atoms with Crippen LogP contribution in [0, 0.1) is 0 Å². The standard InChI is InChI=1S/C17H23N3O3/c1-17(2,3)23-16(22)19-8-4-5-13(11-19)20-10-12-9-18-7-6-14(12)15(20)21/h6-7,9,13H,4-5,8,10-11H2,1-3H3/t13-/m0/s1. The van der Waals surface area contributed by atoms with Crippen LogP contribution in [0.1, 0.15) is 49.5 Å². The first-order valence-electron chi connectivity index (χ1n) is 8.07. The smallest absolute Gasteiger partial charge is 0.410 e. The van der Waals surface area contributed by atoms with Crippen LogP contribution >= 0.6 is 0 Å². The number of fused-ring (bicyclic) bond motifs is 1. The molecule has 6 heteroatoms. The summed E-state index contributed by atoms with van der Waals surface area (Å²) in [4.78, 5) is 32.5. The Morgan fingerprint density at radius 3 is 2.87 bits per heavy atom. The summed E-state index contributed by atoms with van der Waals surface area (Å²) in [6.45, 7) is 7.37. The molecular weight excluding hydrogens is 294 g/mol. The highest BCUT2D eigenvalue weighted by Gasteiger charge is 2.36. The number of ether oxygens (including phenoxy) is 1. The third kappa shape index (κ3) is 3.30. The van der Waals surface area contributed by atoms with Crippen molar-refractivity contribution >= 4 is 12.0 Å². The van der Waals surface area contributed by atoms with Gasteiger partial charge in [-0.2, -0.15) is 0 Å². The Labute approximate surface area is 136 Å². The van der Waals surface area contributed by atoms with Crippen molar-refractivity contribution in [2.24, 2.45) is 0 Å². The van der Waals surface area contributed by atoms with Crippen molar-refractivity contribution < 1.29 is 14.3 Å². The van der Waals surface area contributed by atoms with Gasteiger partial charge in [-0.3, -0.25) is 9.78 Å². The maximum absolute atomic E-state index is 12.6. The molecule has 1 saturated heterocycles. The van der Waals surface area contributed by atoms with Crippen molar-refractivity contribution in [1.82, 2.24) is 14.8 Å². The van der Waals surface area contributed by atoms with Gasteiger partial charge in [0.15, 0.2) is 0 Å². The number of aromatic nitrogens is 1. The molecule has 3 heterocycles. The van der Waals surface area contributed by atoms with Gasteiger partial charge in [0, 0.05) is 43.2 Å². The molecule has 6 nitrogen and oxygen atoms in total. The van der Waals surface area contributed by atoms with Crippen LogP contribution in [0.2, 0.25) is 0 Å². The molecule has 2 aliphatic rings. The number of pyridine rings is 1. The lowest BCUT2D eigenvalue weighted by Gasteiger charge is -2.38. The lowest BCUT2D eigenvalue weighted by molar-refractivity contribution is 0.0106. The SMILES string of the molecule is CC(C)(C)OC(=O)N1CCC[C@H](N2Cc3cnccc3C2=O)C1. The van der Waals surface area contributed by atoms with Crippen LogP contribution in [0.3, 0.4) is 0 Å². The normalized spacial score (nSPS) is 21.3. The van der Waals surface area contributed by atoms with Crippen molar-refractivity contribution in [2.75, 3.05) is 13.1 Å². The number of carbonyl (C=O) groups is 2. The van der Waals surface area contributed by atoms with Crippen molar-refractivity contribution in [2.45, 2.75) is 51.8 Å². The predicted molar refractivity (Wildman–Crippen MR) is 84.9 cm³/mol. The van der Waals surface area contributed by atoms with Crippen LogP contribution in [0.15, 0.2) is 18.5 Å². The number of rotatable bonds is 1. The highest BCUT2D eigenvalue weighted by Crippen LogP contribution is 2.27. The fraction of sp³-hybridized carbons (Fsp3) is 0.588. The summed E-state index contributed by atoms with van der Waals surface area (Å²) < 4.78 is 5.45. The minimum atomic E-state index is -0.505. The Morgan fingerprint density at radius 2 is 2.17 bits per heavy atom. The quantitative estimate of drug-likeness (QED) is 0.798. The summed E-state index contributed by atoms with van der Waals surface area (Å²) in [5.41, 5.74) is 1.19. The molecule has 1 aromatic heterocycles. The van der Waals surface area contributed by atoms with Crippen molar-refractivity contribution in [3.05, 3.63) is 29.6 Å². The molecule has 2 aliphatic heterocycles. The third-order valence-electron chi connectivity index (χ3n) is 4.22. The second-order valence-corrected chi connectivity index (χ2v) is 7.19. The van der Waals surface area contributed by atoms with E-state index in [0.717, 1.165) is 24.0 Å². The number of amides is 2. The minimum Gasteiger partial charge on any atom is -0.444 e. The summed E-state index contributed by atoms with van der Waals surface area (Å²) >= 11 is 0. The molecule has 3 rings (SSSR count). The Balaban J connectivity index is 1.68. The maximum Gasteiger partial charge on any atom is 0.410 e. The van der Waals surface area contributed by atoms with E-state index < -0.39 is 5.60 Å². The van der Waals surface area contributed by atoms with Crippen LogP contribution in [-0.2, 0) is 11.3 Å². The zero-order chi connectivity index (χ0) is 16.6. The number of likely N-dealkylation sites (tertiary alicyclic amines) is 1. The summed E-state index contributed by atoms with van der Waals surface area (Å²) in [5.74, 6) is 0.0402. The van der Waals surface area contributed by atoms with Gasteiger partial charge in [-0.1, -0.05) is 0 Å². The second-order valence-electron chi connectivity index (χ2n) is 7.19. The number of nitrogens with zero attached hydrogens (tertiary/aromatic N) is 3. The van der Waals surface area contributed by atoms with E-state index in [9.17, 15) is 9.59 Å². The van der Waals surface area contributed by atoms with Gasteiger partial charge < -0.3 is 14.5 Å². The maximum atomic E-state index is 12.6. The van der Waals surface area contributed by atoms with Crippen molar-refractivity contribution in [3.8, 4) is 0 Å². The molecule has 2 amide bonds. The Kier molecular flexibility index (Phi) is 4.00. The monoisotopic (exact) mass is 317 g/mol. The van der Waals surface area contributed by atoms with Crippen LogP contribution in [0.4, 0.5) is 4.79 Å². The lowest BCUT2D eigenvalue weighted by atomic mass is 10.0. The van der Waals surface area contributed by atoms with Crippen molar-refractivity contribution in [3.63, 3.8) is 0 Å². The Morgan fingerprint density at radius 1 is 1.39 bits per heavy atom. The molecule has 0 radical (unpaired) electrons. The van der Waals surface area contributed by atoms with Gasteiger partial charge in [0.25, 0.3) is 5.91 Å². The van der Waals surface area contributed by atoms with E-state index in [1.807, 2.05) is 25.7 Å². The summed E-state index contributed by atoms with van der Waals surface area (Å²) in [5, 5.41) is 0. The summed E-state index contributed by atoms with van der Waals surface area (Å²) in [6, 6.07) is 1.81. The average Bonchev–Trinajstić information content (AvgIpc) is 2.83. The molecule has 0 aliphatic carbocycles. The highest BCUT2D eigenvalue weighted by molar-refractivity contribution is 5.98. The molecule has 0 spiro atoms. The third-order valence-corrected chi connectivity index (χ3v) is 4.22. The molecule has 1 aromatic rings. The topological polar surface area (TPSA) is 62.7 Å². The molecule has 0 saturated carbocycles. The highest BCUT2D eigenvalue weighted by atomic mass is 16.6. The summed E-state index contributed by atoms with van der Waals surface area (Å²) in [7, 11) is 0. The molecule has 1 atom stereocenters. The van der Waals surface area contributed by atoms with Crippen LogP contribution < -0.4 is 0 Å². The largest absolute Gasteiger partial charge is 0.444 e. The molecule has 0 unspecified atom stereocenters. The first-order chi connectivity index (χ1) is 10.8.